The Kier molecular flexibility index (Phi) is 5.53. The molecule has 2 aromatic carbocycles. The van der Waals surface area contributed by atoms with Crippen LogP contribution in [0.3, 0.4) is 0 Å². The summed E-state index contributed by atoms with van der Waals surface area (Å²) in [6.45, 7) is 4.67. The lowest BCUT2D eigenvalue weighted by Crippen LogP contribution is -2.07. The van der Waals surface area contributed by atoms with Gasteiger partial charge in [-0.15, -0.1) is 0 Å². The van der Waals surface area contributed by atoms with Gasteiger partial charge in [0.25, 0.3) is 0 Å². The molecule has 0 bridgehead atoms. The Hall–Kier alpha value is -2.36. The van der Waals surface area contributed by atoms with Gasteiger partial charge in [0, 0.05) is 6.54 Å². The number of nitrogens with one attached hydrogen (secondary N) is 1. The van der Waals surface area contributed by atoms with E-state index in [0.717, 1.165) is 28.5 Å². The molecule has 4 heteroatoms. The van der Waals surface area contributed by atoms with Gasteiger partial charge in [-0.1, -0.05) is 18.2 Å². The molecule has 0 atom stereocenters. The topological polar surface area (TPSA) is 39.7 Å². The molecule has 0 saturated carbocycles. The highest BCUT2D eigenvalue weighted by molar-refractivity contribution is 5.56. The third kappa shape index (κ3) is 4.07. The van der Waals surface area contributed by atoms with Gasteiger partial charge >= 0.3 is 0 Å². The molecule has 0 aliphatic heterocycles. The molecule has 2 rings (SSSR count). The van der Waals surface area contributed by atoms with Crippen molar-refractivity contribution in [3.63, 3.8) is 0 Å². The van der Waals surface area contributed by atoms with Crippen LogP contribution in [0.4, 0.5) is 5.69 Å². The van der Waals surface area contributed by atoms with E-state index in [2.05, 4.69) is 5.32 Å². The molecular formula is C18H23NO3. The number of para-hydroxylation sites is 2. The van der Waals surface area contributed by atoms with Crippen molar-refractivity contribution in [3.05, 3.63) is 48.0 Å². The second-order valence-electron chi connectivity index (χ2n) is 5.21. The van der Waals surface area contributed by atoms with Crippen LogP contribution >= 0.6 is 0 Å². The summed E-state index contributed by atoms with van der Waals surface area (Å²) in [4.78, 5) is 0. The Bertz CT molecular complexity index is 611. The molecule has 0 heterocycles. The van der Waals surface area contributed by atoms with Crippen molar-refractivity contribution in [2.24, 2.45) is 0 Å². The molecule has 0 spiro atoms. The second kappa shape index (κ2) is 7.59. The highest BCUT2D eigenvalue weighted by Crippen LogP contribution is 2.30. The predicted molar refractivity (Wildman–Crippen MR) is 89.1 cm³/mol. The van der Waals surface area contributed by atoms with Crippen molar-refractivity contribution >= 4 is 5.69 Å². The smallest absolute Gasteiger partial charge is 0.161 e. The zero-order chi connectivity index (χ0) is 15.9. The molecular weight excluding hydrogens is 278 g/mol. The maximum absolute atomic E-state index is 5.73. The van der Waals surface area contributed by atoms with Crippen molar-refractivity contribution in [2.75, 3.05) is 19.5 Å². The highest BCUT2D eigenvalue weighted by Gasteiger charge is 2.08. The van der Waals surface area contributed by atoms with Crippen LogP contribution in [0.1, 0.15) is 19.4 Å². The zero-order valence-corrected chi connectivity index (χ0v) is 13.6. The number of anilines is 1. The van der Waals surface area contributed by atoms with Crippen LogP contribution in [0.15, 0.2) is 42.5 Å². The number of rotatable bonds is 7. The third-order valence-electron chi connectivity index (χ3n) is 3.18. The summed E-state index contributed by atoms with van der Waals surface area (Å²) in [5.74, 6) is 2.33. The summed E-state index contributed by atoms with van der Waals surface area (Å²) >= 11 is 0. The molecule has 0 unspecified atom stereocenters. The van der Waals surface area contributed by atoms with E-state index >= 15 is 0 Å². The van der Waals surface area contributed by atoms with Gasteiger partial charge in [0.1, 0.15) is 5.75 Å². The van der Waals surface area contributed by atoms with Crippen molar-refractivity contribution in [2.45, 2.75) is 26.5 Å². The Balaban J connectivity index is 2.10. The summed E-state index contributed by atoms with van der Waals surface area (Å²) in [5, 5.41) is 3.37. The summed E-state index contributed by atoms with van der Waals surface area (Å²) in [6.07, 6.45) is 0.117. The van der Waals surface area contributed by atoms with Crippen LogP contribution in [-0.4, -0.2) is 20.3 Å². The van der Waals surface area contributed by atoms with Crippen molar-refractivity contribution in [1.82, 2.24) is 0 Å². The Morgan fingerprint density at radius 2 is 1.64 bits per heavy atom. The van der Waals surface area contributed by atoms with Crippen LogP contribution in [0.5, 0.6) is 17.2 Å². The van der Waals surface area contributed by atoms with Gasteiger partial charge in [0.15, 0.2) is 11.5 Å². The van der Waals surface area contributed by atoms with Gasteiger partial charge in [-0.2, -0.15) is 0 Å². The molecule has 118 valence electrons. The summed E-state index contributed by atoms with van der Waals surface area (Å²) in [6, 6.07) is 13.8. The van der Waals surface area contributed by atoms with Crippen molar-refractivity contribution in [1.29, 1.82) is 0 Å². The van der Waals surface area contributed by atoms with Gasteiger partial charge in [-0.3, -0.25) is 0 Å². The largest absolute Gasteiger partial charge is 0.495 e. The van der Waals surface area contributed by atoms with Crippen molar-refractivity contribution in [3.8, 4) is 17.2 Å². The van der Waals surface area contributed by atoms with E-state index in [1.165, 1.54) is 0 Å². The van der Waals surface area contributed by atoms with Gasteiger partial charge in [0.2, 0.25) is 0 Å². The number of benzene rings is 2. The average Bonchev–Trinajstić information content (AvgIpc) is 2.53. The fourth-order valence-electron chi connectivity index (χ4n) is 2.16. The maximum atomic E-state index is 5.73. The quantitative estimate of drug-likeness (QED) is 0.835. The number of methoxy groups -OCH3 is 2. The molecule has 0 aliphatic carbocycles. The first kappa shape index (κ1) is 16.0. The zero-order valence-electron chi connectivity index (χ0n) is 13.6. The monoisotopic (exact) mass is 301 g/mol. The minimum atomic E-state index is 0.117. The predicted octanol–water partition coefficient (Wildman–Crippen LogP) is 4.10. The summed E-state index contributed by atoms with van der Waals surface area (Å²) in [7, 11) is 3.32. The first-order valence-corrected chi connectivity index (χ1v) is 7.34. The Morgan fingerprint density at radius 3 is 2.32 bits per heavy atom. The average molecular weight is 301 g/mol. The molecule has 4 nitrogen and oxygen atoms in total. The van der Waals surface area contributed by atoms with E-state index in [1.807, 2.05) is 56.3 Å². The minimum Gasteiger partial charge on any atom is -0.495 e. The molecule has 0 amide bonds. The SMILES string of the molecule is COc1ccccc1NCc1ccc(OC(C)C)c(OC)c1. The number of hydrogen-bond acceptors (Lipinski definition) is 4. The van der Waals surface area contributed by atoms with Crippen LogP contribution in [0.2, 0.25) is 0 Å². The first-order valence-electron chi connectivity index (χ1n) is 7.34. The molecule has 0 saturated heterocycles. The Labute approximate surface area is 132 Å². The second-order valence-corrected chi connectivity index (χ2v) is 5.21. The minimum absolute atomic E-state index is 0.117. The normalized spacial score (nSPS) is 10.4. The molecule has 2 aromatic rings. The fraction of sp³-hybridized carbons (Fsp3) is 0.333. The molecule has 1 N–H and O–H groups in total. The maximum Gasteiger partial charge on any atom is 0.161 e. The van der Waals surface area contributed by atoms with E-state index in [1.54, 1.807) is 14.2 Å². The van der Waals surface area contributed by atoms with Gasteiger partial charge < -0.3 is 19.5 Å². The lowest BCUT2D eigenvalue weighted by atomic mass is 10.2. The van der Waals surface area contributed by atoms with Crippen molar-refractivity contribution < 1.29 is 14.2 Å². The van der Waals surface area contributed by atoms with E-state index in [-0.39, 0.29) is 6.10 Å². The number of ether oxygens (including phenoxy) is 3. The first-order chi connectivity index (χ1) is 10.6. The summed E-state index contributed by atoms with van der Waals surface area (Å²) < 4.78 is 16.5. The van der Waals surface area contributed by atoms with Crippen LogP contribution in [0.25, 0.3) is 0 Å². The van der Waals surface area contributed by atoms with Gasteiger partial charge in [0.05, 0.1) is 26.0 Å². The van der Waals surface area contributed by atoms with Gasteiger partial charge in [-0.05, 0) is 43.7 Å². The summed E-state index contributed by atoms with van der Waals surface area (Å²) in [5.41, 5.74) is 2.07. The molecule has 22 heavy (non-hydrogen) atoms. The van der Waals surface area contributed by atoms with E-state index < -0.39 is 0 Å². The highest BCUT2D eigenvalue weighted by atomic mass is 16.5. The number of hydrogen-bond donors (Lipinski definition) is 1. The van der Waals surface area contributed by atoms with E-state index in [9.17, 15) is 0 Å². The standard InChI is InChI=1S/C18H23NO3/c1-13(2)22-17-10-9-14(11-18(17)21-4)12-19-15-7-5-6-8-16(15)20-3/h5-11,13,19H,12H2,1-4H3. The molecule has 0 aliphatic rings. The van der Waals surface area contributed by atoms with Gasteiger partial charge in [-0.25, -0.2) is 0 Å². The van der Waals surface area contributed by atoms with Crippen LogP contribution < -0.4 is 19.5 Å². The Morgan fingerprint density at radius 1 is 0.909 bits per heavy atom. The molecule has 0 radical (unpaired) electrons. The van der Waals surface area contributed by atoms with Crippen LogP contribution in [-0.2, 0) is 6.54 Å². The third-order valence-corrected chi connectivity index (χ3v) is 3.18. The van der Waals surface area contributed by atoms with Crippen LogP contribution in [0, 0.1) is 0 Å². The lowest BCUT2D eigenvalue weighted by Gasteiger charge is -2.15. The lowest BCUT2D eigenvalue weighted by molar-refractivity contribution is 0.230. The van der Waals surface area contributed by atoms with E-state index in [0.29, 0.717) is 6.54 Å². The molecule has 0 aromatic heterocycles. The fourth-order valence-corrected chi connectivity index (χ4v) is 2.16. The molecule has 0 fully saturated rings. The van der Waals surface area contributed by atoms with E-state index in [4.69, 9.17) is 14.2 Å².